The highest BCUT2D eigenvalue weighted by molar-refractivity contribution is 5.50. The monoisotopic (exact) mass is 238 g/mol. The predicted octanol–water partition coefficient (Wildman–Crippen LogP) is 3.73. The number of rotatable bonds is 5. The second-order valence-electron chi connectivity index (χ2n) is 4.93. The summed E-state index contributed by atoms with van der Waals surface area (Å²) >= 11 is 0. The van der Waals surface area contributed by atoms with E-state index in [-0.39, 0.29) is 23.2 Å². The molecule has 0 saturated heterocycles. The molecule has 0 heterocycles. The highest BCUT2D eigenvalue weighted by Gasteiger charge is 2.18. The molecule has 2 unspecified atom stereocenters. The van der Waals surface area contributed by atoms with E-state index in [9.17, 15) is 15.3 Å². The lowest BCUT2D eigenvalue weighted by atomic mass is 9.88. The Labute approximate surface area is 103 Å². The number of phenolic OH excluding ortho intramolecular Hbond substituents is 3. The molecule has 2 atom stereocenters. The fraction of sp³-hybridized carbons (Fsp3) is 0.571. The van der Waals surface area contributed by atoms with Gasteiger partial charge in [-0.25, -0.2) is 0 Å². The van der Waals surface area contributed by atoms with Gasteiger partial charge in [0.05, 0.1) is 0 Å². The molecule has 0 bridgehead atoms. The van der Waals surface area contributed by atoms with Gasteiger partial charge in [-0.05, 0) is 18.3 Å². The van der Waals surface area contributed by atoms with E-state index >= 15 is 0 Å². The fourth-order valence-electron chi connectivity index (χ4n) is 2.45. The molecule has 0 spiro atoms. The number of phenols is 3. The molecule has 3 nitrogen and oxygen atoms in total. The molecule has 3 heteroatoms. The van der Waals surface area contributed by atoms with E-state index in [4.69, 9.17) is 0 Å². The van der Waals surface area contributed by atoms with Crippen LogP contribution >= 0.6 is 0 Å². The summed E-state index contributed by atoms with van der Waals surface area (Å²) in [6.07, 6.45) is 3.20. The molecule has 0 fully saturated rings. The Bertz CT molecular complexity index is 351. The lowest BCUT2D eigenvalue weighted by Gasteiger charge is -2.19. The van der Waals surface area contributed by atoms with Gasteiger partial charge < -0.3 is 15.3 Å². The van der Waals surface area contributed by atoms with Gasteiger partial charge >= 0.3 is 0 Å². The Balaban J connectivity index is 2.85. The van der Waals surface area contributed by atoms with Crippen molar-refractivity contribution < 1.29 is 15.3 Å². The van der Waals surface area contributed by atoms with E-state index < -0.39 is 0 Å². The van der Waals surface area contributed by atoms with Crippen molar-refractivity contribution in [3.8, 4) is 17.2 Å². The average molecular weight is 238 g/mol. The van der Waals surface area contributed by atoms with E-state index in [1.54, 1.807) is 0 Å². The predicted molar refractivity (Wildman–Crippen MR) is 68.5 cm³/mol. The van der Waals surface area contributed by atoms with Gasteiger partial charge in [0.25, 0.3) is 0 Å². The number of aromatic hydroxyl groups is 3. The van der Waals surface area contributed by atoms with Gasteiger partial charge in [0, 0.05) is 17.7 Å². The zero-order valence-electron chi connectivity index (χ0n) is 10.8. The number of hydrogen-bond acceptors (Lipinski definition) is 3. The van der Waals surface area contributed by atoms with Gasteiger partial charge in [-0.15, -0.1) is 0 Å². The molecule has 3 N–H and O–H groups in total. The van der Waals surface area contributed by atoms with E-state index in [1.165, 1.54) is 12.1 Å². The van der Waals surface area contributed by atoms with Crippen LogP contribution in [0.2, 0.25) is 0 Å². The van der Waals surface area contributed by atoms with Gasteiger partial charge in [-0.3, -0.25) is 0 Å². The summed E-state index contributed by atoms with van der Waals surface area (Å²) in [5.41, 5.74) is 0.533. The van der Waals surface area contributed by atoms with Crippen LogP contribution in [0.5, 0.6) is 17.2 Å². The Morgan fingerprint density at radius 2 is 1.59 bits per heavy atom. The molecule has 0 radical (unpaired) electrons. The smallest absolute Gasteiger partial charge is 0.126 e. The Kier molecular flexibility index (Phi) is 4.67. The zero-order chi connectivity index (χ0) is 13.0. The molecular formula is C14H22O3. The zero-order valence-corrected chi connectivity index (χ0v) is 10.8. The lowest BCUT2D eigenvalue weighted by molar-refractivity contribution is 0.394. The van der Waals surface area contributed by atoms with Crippen LogP contribution in [-0.4, -0.2) is 15.3 Å². The Hall–Kier alpha value is -1.38. The maximum absolute atomic E-state index is 9.77. The van der Waals surface area contributed by atoms with Crippen LogP contribution < -0.4 is 0 Å². The van der Waals surface area contributed by atoms with Crippen LogP contribution in [0.25, 0.3) is 0 Å². The minimum absolute atomic E-state index is 0.0290. The first kappa shape index (κ1) is 13.7. The van der Waals surface area contributed by atoms with Gasteiger partial charge in [-0.1, -0.05) is 33.6 Å². The summed E-state index contributed by atoms with van der Waals surface area (Å²) in [5.74, 6) is 0.467. The maximum atomic E-state index is 9.77. The molecule has 1 aromatic carbocycles. The van der Waals surface area contributed by atoms with Crippen molar-refractivity contribution >= 4 is 0 Å². The van der Waals surface area contributed by atoms with Crippen LogP contribution in [0.4, 0.5) is 0 Å². The molecule has 1 rings (SSSR count). The topological polar surface area (TPSA) is 60.7 Å². The third kappa shape index (κ3) is 3.55. The minimum Gasteiger partial charge on any atom is -0.508 e. The van der Waals surface area contributed by atoms with E-state index in [0.717, 1.165) is 19.3 Å². The van der Waals surface area contributed by atoms with Crippen LogP contribution in [0.1, 0.15) is 51.5 Å². The fourth-order valence-corrected chi connectivity index (χ4v) is 2.45. The molecular weight excluding hydrogens is 216 g/mol. The molecule has 0 aliphatic carbocycles. The van der Waals surface area contributed by atoms with Crippen molar-refractivity contribution in [2.45, 2.75) is 46.0 Å². The highest BCUT2D eigenvalue weighted by atomic mass is 16.3. The second kappa shape index (κ2) is 5.80. The molecule has 0 aromatic heterocycles. The van der Waals surface area contributed by atoms with Crippen molar-refractivity contribution in [2.24, 2.45) is 5.92 Å². The summed E-state index contributed by atoms with van der Waals surface area (Å²) in [7, 11) is 0. The van der Waals surface area contributed by atoms with Crippen molar-refractivity contribution in [3.63, 3.8) is 0 Å². The summed E-state index contributed by atoms with van der Waals surface area (Å²) < 4.78 is 0. The van der Waals surface area contributed by atoms with Gasteiger partial charge in [0.15, 0.2) is 0 Å². The molecule has 0 amide bonds. The van der Waals surface area contributed by atoms with Crippen LogP contribution in [0, 0.1) is 5.92 Å². The van der Waals surface area contributed by atoms with Gasteiger partial charge in [-0.2, -0.15) is 0 Å². The second-order valence-corrected chi connectivity index (χ2v) is 4.93. The Morgan fingerprint density at radius 1 is 1.06 bits per heavy atom. The summed E-state index contributed by atoms with van der Waals surface area (Å²) in [4.78, 5) is 0. The van der Waals surface area contributed by atoms with Crippen LogP contribution in [0.3, 0.4) is 0 Å². The molecule has 96 valence electrons. The number of benzene rings is 1. The minimum atomic E-state index is -0.113. The number of hydrogen-bond donors (Lipinski definition) is 3. The summed E-state index contributed by atoms with van der Waals surface area (Å²) in [6.45, 7) is 6.31. The lowest BCUT2D eigenvalue weighted by Crippen LogP contribution is -2.02. The third-order valence-corrected chi connectivity index (χ3v) is 3.15. The van der Waals surface area contributed by atoms with Crippen LogP contribution in [-0.2, 0) is 0 Å². The normalized spacial score (nSPS) is 14.5. The average Bonchev–Trinajstić information content (AvgIpc) is 2.15. The van der Waals surface area contributed by atoms with E-state index in [2.05, 4.69) is 13.8 Å². The first-order valence-electron chi connectivity index (χ1n) is 6.20. The SMILES string of the molecule is CCCC(C)CC(C)c1c(O)cc(O)cc1O. The molecule has 0 saturated carbocycles. The largest absolute Gasteiger partial charge is 0.508 e. The van der Waals surface area contributed by atoms with E-state index in [1.807, 2.05) is 6.92 Å². The molecule has 0 aliphatic rings. The molecule has 1 aromatic rings. The Morgan fingerprint density at radius 3 is 2.06 bits per heavy atom. The molecule has 0 aliphatic heterocycles. The first-order valence-corrected chi connectivity index (χ1v) is 6.20. The quantitative estimate of drug-likeness (QED) is 0.732. The standard InChI is InChI=1S/C14H22O3/c1-4-5-9(2)6-10(3)14-12(16)7-11(15)8-13(14)17/h7-10,15-17H,4-6H2,1-3H3. The maximum Gasteiger partial charge on any atom is 0.126 e. The summed E-state index contributed by atoms with van der Waals surface area (Å²) in [6, 6.07) is 2.55. The van der Waals surface area contributed by atoms with Crippen molar-refractivity contribution in [1.29, 1.82) is 0 Å². The molecule has 17 heavy (non-hydrogen) atoms. The third-order valence-electron chi connectivity index (χ3n) is 3.15. The first-order chi connectivity index (χ1) is 7.95. The van der Waals surface area contributed by atoms with Gasteiger partial charge in [0.1, 0.15) is 17.2 Å². The van der Waals surface area contributed by atoms with Gasteiger partial charge in [0.2, 0.25) is 0 Å². The van der Waals surface area contributed by atoms with Crippen molar-refractivity contribution in [1.82, 2.24) is 0 Å². The van der Waals surface area contributed by atoms with Crippen LogP contribution in [0.15, 0.2) is 12.1 Å². The van der Waals surface area contributed by atoms with Crippen molar-refractivity contribution in [3.05, 3.63) is 17.7 Å². The van der Waals surface area contributed by atoms with E-state index in [0.29, 0.717) is 11.5 Å². The summed E-state index contributed by atoms with van der Waals surface area (Å²) in [5, 5.41) is 28.8. The van der Waals surface area contributed by atoms with Crippen molar-refractivity contribution in [2.75, 3.05) is 0 Å². The highest BCUT2D eigenvalue weighted by Crippen LogP contribution is 2.40.